The molecule has 6 nitrogen and oxygen atoms in total. The molecule has 1 amide bonds. The maximum Gasteiger partial charge on any atom is 0.269 e. The molecule has 3 aromatic carbocycles. The van der Waals surface area contributed by atoms with Gasteiger partial charge in [0, 0.05) is 36.9 Å². The molecule has 28 heavy (non-hydrogen) atoms. The summed E-state index contributed by atoms with van der Waals surface area (Å²) in [5.74, 6) is 0.563. The normalized spacial score (nSPS) is 10.6. The number of hydrogen-bond donors (Lipinski definition) is 0. The van der Waals surface area contributed by atoms with Crippen LogP contribution >= 0.6 is 0 Å². The Kier molecular flexibility index (Phi) is 5.89. The van der Waals surface area contributed by atoms with E-state index in [1.807, 2.05) is 43.3 Å². The van der Waals surface area contributed by atoms with Crippen LogP contribution in [0, 0.1) is 10.1 Å². The van der Waals surface area contributed by atoms with Gasteiger partial charge in [0.1, 0.15) is 5.75 Å². The van der Waals surface area contributed by atoms with E-state index in [4.69, 9.17) is 4.74 Å². The molecule has 0 atom stereocenters. The molecule has 0 fully saturated rings. The van der Waals surface area contributed by atoms with Crippen LogP contribution in [0.25, 0.3) is 10.8 Å². The van der Waals surface area contributed by atoms with Gasteiger partial charge in [0.15, 0.2) is 0 Å². The quantitative estimate of drug-likeness (QED) is 0.437. The summed E-state index contributed by atoms with van der Waals surface area (Å²) in [4.78, 5) is 24.7. The van der Waals surface area contributed by atoms with Crippen molar-refractivity contribution in [3.63, 3.8) is 0 Å². The minimum absolute atomic E-state index is 0.0384. The zero-order valence-corrected chi connectivity index (χ0v) is 15.9. The topological polar surface area (TPSA) is 72.7 Å². The second kappa shape index (κ2) is 8.52. The third-order valence-electron chi connectivity index (χ3n) is 4.53. The van der Waals surface area contributed by atoms with E-state index in [1.54, 1.807) is 11.9 Å². The van der Waals surface area contributed by atoms with Crippen molar-refractivity contribution >= 4 is 22.4 Å². The van der Waals surface area contributed by atoms with E-state index in [1.165, 1.54) is 24.3 Å². The van der Waals surface area contributed by atoms with Crippen LogP contribution in [0.2, 0.25) is 0 Å². The van der Waals surface area contributed by atoms with Crippen molar-refractivity contribution in [2.75, 3.05) is 13.7 Å². The predicted molar refractivity (Wildman–Crippen MR) is 109 cm³/mol. The SMILES string of the molecule is CCCOc1ccc2ccccc2c1CN(C)C(=O)c1ccc([N+](=O)[O-])cc1. The maximum atomic E-state index is 12.8. The van der Waals surface area contributed by atoms with Gasteiger partial charge in [-0.2, -0.15) is 0 Å². The van der Waals surface area contributed by atoms with E-state index in [0.717, 1.165) is 28.5 Å². The molecule has 0 aromatic heterocycles. The summed E-state index contributed by atoms with van der Waals surface area (Å²) < 4.78 is 5.91. The molecular weight excluding hydrogens is 356 g/mol. The summed E-state index contributed by atoms with van der Waals surface area (Å²) in [6.07, 6.45) is 0.893. The van der Waals surface area contributed by atoms with Gasteiger partial charge in [0.25, 0.3) is 11.6 Å². The van der Waals surface area contributed by atoms with Gasteiger partial charge in [-0.15, -0.1) is 0 Å². The first kappa shape index (κ1) is 19.4. The third-order valence-corrected chi connectivity index (χ3v) is 4.53. The molecule has 0 spiro atoms. The van der Waals surface area contributed by atoms with Gasteiger partial charge in [0.05, 0.1) is 11.5 Å². The van der Waals surface area contributed by atoms with Crippen LogP contribution in [0.1, 0.15) is 29.3 Å². The van der Waals surface area contributed by atoms with E-state index >= 15 is 0 Å². The van der Waals surface area contributed by atoms with Crippen molar-refractivity contribution in [1.29, 1.82) is 0 Å². The van der Waals surface area contributed by atoms with Crippen molar-refractivity contribution in [3.8, 4) is 5.75 Å². The number of nitro benzene ring substituents is 1. The van der Waals surface area contributed by atoms with Gasteiger partial charge in [-0.05, 0) is 35.4 Å². The minimum Gasteiger partial charge on any atom is -0.493 e. The predicted octanol–water partition coefficient (Wildman–Crippen LogP) is 4.81. The first-order valence-electron chi connectivity index (χ1n) is 9.14. The number of ether oxygens (including phenoxy) is 1. The Morgan fingerprint density at radius 2 is 1.79 bits per heavy atom. The molecule has 0 heterocycles. The van der Waals surface area contributed by atoms with Gasteiger partial charge in [-0.3, -0.25) is 14.9 Å². The highest BCUT2D eigenvalue weighted by Gasteiger charge is 2.17. The van der Waals surface area contributed by atoms with Crippen LogP contribution in [-0.4, -0.2) is 29.4 Å². The standard InChI is InChI=1S/C22H22N2O4/c1-3-14-28-21-13-10-16-6-4-5-7-19(16)20(21)15-23(2)22(25)17-8-11-18(12-9-17)24(26)27/h4-13H,3,14-15H2,1-2H3. The number of amides is 1. The molecule has 0 aliphatic heterocycles. The Morgan fingerprint density at radius 3 is 2.46 bits per heavy atom. The number of non-ortho nitro benzene ring substituents is 1. The molecule has 0 aliphatic carbocycles. The molecule has 0 bridgehead atoms. The molecule has 0 aliphatic rings. The number of hydrogen-bond acceptors (Lipinski definition) is 4. The summed E-state index contributed by atoms with van der Waals surface area (Å²) >= 11 is 0. The Labute approximate surface area is 163 Å². The molecular formula is C22H22N2O4. The molecule has 3 rings (SSSR count). The van der Waals surface area contributed by atoms with E-state index in [0.29, 0.717) is 18.7 Å². The van der Waals surface area contributed by atoms with Crippen LogP contribution < -0.4 is 4.74 Å². The third kappa shape index (κ3) is 4.11. The molecule has 3 aromatic rings. The molecule has 6 heteroatoms. The van der Waals surface area contributed by atoms with Gasteiger partial charge in [0.2, 0.25) is 0 Å². The van der Waals surface area contributed by atoms with Crippen molar-refractivity contribution < 1.29 is 14.5 Å². The monoisotopic (exact) mass is 378 g/mol. The van der Waals surface area contributed by atoms with Crippen molar-refractivity contribution in [1.82, 2.24) is 4.90 Å². The first-order valence-corrected chi connectivity index (χ1v) is 9.14. The van der Waals surface area contributed by atoms with E-state index in [-0.39, 0.29) is 11.6 Å². The highest BCUT2D eigenvalue weighted by molar-refractivity contribution is 5.95. The lowest BCUT2D eigenvalue weighted by Crippen LogP contribution is -2.26. The van der Waals surface area contributed by atoms with E-state index < -0.39 is 4.92 Å². The van der Waals surface area contributed by atoms with Crippen LogP contribution in [0.3, 0.4) is 0 Å². The Balaban J connectivity index is 1.89. The van der Waals surface area contributed by atoms with Gasteiger partial charge < -0.3 is 9.64 Å². The lowest BCUT2D eigenvalue weighted by Gasteiger charge is -2.21. The molecule has 0 unspecified atom stereocenters. The average Bonchev–Trinajstić information content (AvgIpc) is 2.72. The van der Waals surface area contributed by atoms with Gasteiger partial charge >= 0.3 is 0 Å². The molecule has 0 saturated heterocycles. The number of benzene rings is 3. The Morgan fingerprint density at radius 1 is 1.07 bits per heavy atom. The maximum absolute atomic E-state index is 12.8. The van der Waals surface area contributed by atoms with Crippen molar-refractivity contribution in [3.05, 3.63) is 81.9 Å². The number of fused-ring (bicyclic) bond motifs is 1. The largest absolute Gasteiger partial charge is 0.493 e. The van der Waals surface area contributed by atoms with Gasteiger partial charge in [-0.25, -0.2) is 0 Å². The lowest BCUT2D eigenvalue weighted by molar-refractivity contribution is -0.384. The minimum atomic E-state index is -0.481. The number of nitrogens with zero attached hydrogens (tertiary/aromatic N) is 2. The number of rotatable bonds is 7. The smallest absolute Gasteiger partial charge is 0.269 e. The van der Waals surface area contributed by atoms with Crippen molar-refractivity contribution in [2.24, 2.45) is 0 Å². The molecule has 0 N–H and O–H groups in total. The fraction of sp³-hybridized carbons (Fsp3) is 0.227. The summed E-state index contributed by atoms with van der Waals surface area (Å²) in [6.45, 7) is 3.02. The summed E-state index contributed by atoms with van der Waals surface area (Å²) in [5.41, 5.74) is 1.32. The summed E-state index contributed by atoms with van der Waals surface area (Å²) in [5, 5.41) is 12.9. The zero-order valence-electron chi connectivity index (χ0n) is 15.9. The zero-order chi connectivity index (χ0) is 20.1. The van der Waals surface area contributed by atoms with Crippen molar-refractivity contribution in [2.45, 2.75) is 19.9 Å². The van der Waals surface area contributed by atoms with E-state index in [2.05, 4.69) is 0 Å². The first-order chi connectivity index (χ1) is 13.5. The highest BCUT2D eigenvalue weighted by Crippen LogP contribution is 2.30. The van der Waals surface area contributed by atoms with E-state index in [9.17, 15) is 14.9 Å². The lowest BCUT2D eigenvalue weighted by atomic mass is 10.0. The summed E-state index contributed by atoms with van der Waals surface area (Å²) in [7, 11) is 1.72. The number of nitro groups is 1. The Hall–Kier alpha value is -3.41. The molecule has 0 saturated carbocycles. The van der Waals surface area contributed by atoms with Crippen LogP contribution in [-0.2, 0) is 6.54 Å². The number of carbonyl (C=O) groups excluding carboxylic acids is 1. The molecule has 144 valence electrons. The fourth-order valence-corrected chi connectivity index (χ4v) is 3.08. The number of carbonyl (C=O) groups is 1. The van der Waals surface area contributed by atoms with Crippen LogP contribution in [0.15, 0.2) is 60.7 Å². The highest BCUT2D eigenvalue weighted by atomic mass is 16.6. The van der Waals surface area contributed by atoms with Crippen LogP contribution in [0.5, 0.6) is 5.75 Å². The fourth-order valence-electron chi connectivity index (χ4n) is 3.08. The second-order valence-corrected chi connectivity index (χ2v) is 6.58. The average molecular weight is 378 g/mol. The van der Waals surface area contributed by atoms with Crippen LogP contribution in [0.4, 0.5) is 5.69 Å². The van der Waals surface area contributed by atoms with Gasteiger partial charge in [-0.1, -0.05) is 37.3 Å². The molecule has 0 radical (unpaired) electrons. The second-order valence-electron chi connectivity index (χ2n) is 6.58. The Bertz CT molecular complexity index is 999. The summed E-state index contributed by atoms with van der Waals surface area (Å²) in [6, 6.07) is 17.6.